The molecule has 2 fully saturated rings. The lowest BCUT2D eigenvalue weighted by atomic mass is 9.81. The summed E-state index contributed by atoms with van der Waals surface area (Å²) in [5, 5.41) is 8.89. The van der Waals surface area contributed by atoms with E-state index in [9.17, 15) is 46.8 Å². The number of benzene rings is 2. The van der Waals surface area contributed by atoms with Crippen molar-refractivity contribution in [3.63, 3.8) is 0 Å². The summed E-state index contributed by atoms with van der Waals surface area (Å²) >= 11 is 12.4. The van der Waals surface area contributed by atoms with Crippen LogP contribution in [0.15, 0.2) is 42.5 Å². The maximum absolute atomic E-state index is 14.0. The number of carbonyl (C=O) groups excluding carboxylic acids is 8. The van der Waals surface area contributed by atoms with Crippen LogP contribution in [-0.2, 0) is 64.4 Å². The molecule has 2 aliphatic rings. The van der Waals surface area contributed by atoms with Crippen molar-refractivity contribution in [3.05, 3.63) is 63.6 Å². The lowest BCUT2D eigenvalue weighted by Gasteiger charge is -2.31. The van der Waals surface area contributed by atoms with E-state index in [1.54, 1.807) is 63.2 Å². The molecular formula is C40H49Cl2N5O15S. The van der Waals surface area contributed by atoms with Crippen LogP contribution < -0.4 is 21.3 Å². The Kier molecular flexibility index (Phi) is 17.8. The van der Waals surface area contributed by atoms with Gasteiger partial charge in [0.2, 0.25) is 11.8 Å². The molecule has 1 unspecified atom stereocenters. The van der Waals surface area contributed by atoms with Gasteiger partial charge in [0.1, 0.15) is 11.6 Å². The van der Waals surface area contributed by atoms with Crippen molar-refractivity contribution in [2.24, 2.45) is 5.41 Å². The minimum absolute atomic E-state index is 0.0242. The van der Waals surface area contributed by atoms with Crippen LogP contribution in [0, 0.1) is 5.41 Å². The molecule has 1 saturated heterocycles. The number of amides is 6. The van der Waals surface area contributed by atoms with Crippen LogP contribution in [0.2, 0.25) is 10.0 Å². The van der Waals surface area contributed by atoms with Gasteiger partial charge in [0, 0.05) is 31.6 Å². The first-order valence-corrected chi connectivity index (χ1v) is 22.0. The molecule has 1 aliphatic heterocycles. The summed E-state index contributed by atoms with van der Waals surface area (Å²) in [7, 11) is -4.91. The standard InChI is InChI=1S/C40H49Cl2N5O15S/c1-39(2,3)61-36(53)28(21-24-9-11-25(12-10-24)45-34(51)33-26(41)7-6-8-27(33)42)46-37(54)40(14-4-5-15-40)16-17-43-30(48)13-19-59-20-18-44-38(55)60-23-32(50)62-47-31(49)22-29(35(47)52)63(56,57)58/h6-12,28-29H,4-5,13-23H2,1-3H3,(H,43,48)(H,44,55)(H,45,51)(H,46,54)(H,56,57,58)/t28-,29?/m0/s1. The zero-order valence-corrected chi connectivity index (χ0v) is 37.0. The molecule has 0 spiro atoms. The van der Waals surface area contributed by atoms with Crippen LogP contribution in [0.25, 0.3) is 0 Å². The van der Waals surface area contributed by atoms with Gasteiger partial charge in [-0.15, -0.1) is 5.06 Å². The molecule has 4 rings (SSSR count). The average Bonchev–Trinajstić information content (AvgIpc) is 3.79. The molecule has 1 heterocycles. The molecule has 0 bridgehead atoms. The fraction of sp³-hybridized carbons (Fsp3) is 0.500. The maximum atomic E-state index is 14.0. The first-order valence-electron chi connectivity index (χ1n) is 19.8. The Morgan fingerprint density at radius 1 is 0.937 bits per heavy atom. The lowest BCUT2D eigenvalue weighted by molar-refractivity contribution is -0.199. The summed E-state index contributed by atoms with van der Waals surface area (Å²) in [5.41, 5.74) is -0.407. The Labute approximate surface area is 373 Å². The van der Waals surface area contributed by atoms with Gasteiger partial charge in [-0.3, -0.25) is 28.5 Å². The number of anilines is 1. The number of esters is 1. The summed E-state index contributed by atoms with van der Waals surface area (Å²) in [6.07, 6.45) is 1.01. The number of hydrogen-bond acceptors (Lipinski definition) is 14. The van der Waals surface area contributed by atoms with Gasteiger partial charge < -0.3 is 40.3 Å². The SMILES string of the molecule is CC(C)(C)OC(=O)[C@H](Cc1ccc(NC(=O)c2c(Cl)cccc2Cl)cc1)NC(=O)C1(CCNC(=O)CCOCCNC(=O)OCC(=O)ON2C(=O)CC(S(=O)(=O)O)C2=O)CCCC1. The summed E-state index contributed by atoms with van der Waals surface area (Å²) in [6, 6.07) is 10.4. The number of halogens is 2. The minimum atomic E-state index is -4.91. The third-order valence-electron chi connectivity index (χ3n) is 9.73. The van der Waals surface area contributed by atoms with Crippen molar-refractivity contribution in [1.29, 1.82) is 0 Å². The second kappa shape index (κ2) is 22.3. The van der Waals surface area contributed by atoms with Crippen molar-refractivity contribution in [2.45, 2.75) is 89.0 Å². The fourth-order valence-electron chi connectivity index (χ4n) is 6.62. The Hall–Kier alpha value is -5.35. The molecule has 63 heavy (non-hydrogen) atoms. The van der Waals surface area contributed by atoms with Gasteiger partial charge in [-0.05, 0) is 69.9 Å². The minimum Gasteiger partial charge on any atom is -0.458 e. The van der Waals surface area contributed by atoms with E-state index in [0.29, 0.717) is 30.5 Å². The monoisotopic (exact) mass is 941 g/mol. The second-order valence-corrected chi connectivity index (χ2v) is 18.1. The highest BCUT2D eigenvalue weighted by Gasteiger charge is 2.48. The van der Waals surface area contributed by atoms with Crippen LogP contribution in [0.5, 0.6) is 0 Å². The zero-order chi connectivity index (χ0) is 46.5. The molecule has 2 aromatic carbocycles. The highest BCUT2D eigenvalue weighted by Crippen LogP contribution is 2.41. The van der Waals surface area contributed by atoms with E-state index >= 15 is 0 Å². The number of nitrogens with one attached hydrogen (secondary N) is 4. The summed E-state index contributed by atoms with van der Waals surface area (Å²) in [6.45, 7) is 4.12. The van der Waals surface area contributed by atoms with E-state index in [0.717, 1.165) is 12.8 Å². The lowest BCUT2D eigenvalue weighted by Crippen LogP contribution is -2.51. The number of carbonyl (C=O) groups is 8. The molecule has 0 radical (unpaired) electrons. The third kappa shape index (κ3) is 15.2. The predicted molar refractivity (Wildman–Crippen MR) is 224 cm³/mol. The van der Waals surface area contributed by atoms with E-state index in [-0.39, 0.29) is 71.6 Å². The van der Waals surface area contributed by atoms with E-state index in [1.165, 1.54) is 0 Å². The van der Waals surface area contributed by atoms with Crippen molar-refractivity contribution in [2.75, 3.05) is 38.2 Å². The highest BCUT2D eigenvalue weighted by atomic mass is 35.5. The van der Waals surface area contributed by atoms with Crippen LogP contribution in [0.4, 0.5) is 10.5 Å². The first kappa shape index (κ1) is 50.3. The van der Waals surface area contributed by atoms with E-state index in [4.69, 9.17) is 37.2 Å². The van der Waals surface area contributed by atoms with Crippen molar-refractivity contribution >= 4 is 86.6 Å². The van der Waals surface area contributed by atoms with Gasteiger partial charge in [-0.1, -0.05) is 54.2 Å². The van der Waals surface area contributed by atoms with Crippen LogP contribution in [0.3, 0.4) is 0 Å². The highest BCUT2D eigenvalue weighted by molar-refractivity contribution is 7.87. The van der Waals surface area contributed by atoms with Crippen LogP contribution >= 0.6 is 23.2 Å². The molecule has 20 nitrogen and oxygen atoms in total. The quantitative estimate of drug-likeness (QED) is 0.0551. The topological polar surface area (TPSA) is 279 Å². The Morgan fingerprint density at radius 2 is 1.59 bits per heavy atom. The predicted octanol–water partition coefficient (Wildman–Crippen LogP) is 3.29. The number of nitrogens with zero attached hydrogens (tertiary/aromatic N) is 1. The third-order valence-corrected chi connectivity index (χ3v) is 11.4. The second-order valence-electron chi connectivity index (χ2n) is 15.7. The number of hydrogen-bond donors (Lipinski definition) is 5. The Bertz CT molecular complexity index is 2140. The number of alkyl carbamates (subject to hydrolysis) is 1. The Balaban J connectivity index is 1.19. The van der Waals surface area contributed by atoms with Crippen LogP contribution in [0.1, 0.15) is 81.6 Å². The van der Waals surface area contributed by atoms with Gasteiger partial charge in [0.15, 0.2) is 11.9 Å². The largest absolute Gasteiger partial charge is 0.458 e. The average molecular weight is 943 g/mol. The molecule has 2 aromatic rings. The number of imide groups is 1. The smallest absolute Gasteiger partial charge is 0.407 e. The van der Waals surface area contributed by atoms with Gasteiger partial charge in [-0.2, -0.15) is 8.42 Å². The number of hydroxylamine groups is 2. The molecular weight excluding hydrogens is 893 g/mol. The molecule has 2 atom stereocenters. The van der Waals surface area contributed by atoms with Gasteiger partial charge in [-0.25, -0.2) is 14.4 Å². The van der Waals surface area contributed by atoms with Crippen molar-refractivity contribution in [1.82, 2.24) is 21.0 Å². The van der Waals surface area contributed by atoms with Crippen molar-refractivity contribution < 1.29 is 70.4 Å². The normalized spacial score (nSPS) is 16.5. The number of rotatable bonds is 20. The summed E-state index contributed by atoms with van der Waals surface area (Å²) < 4.78 is 47.0. The molecule has 1 saturated carbocycles. The first-order chi connectivity index (χ1) is 29.6. The van der Waals surface area contributed by atoms with Crippen LogP contribution in [-0.4, -0.2) is 115 Å². The Morgan fingerprint density at radius 3 is 2.19 bits per heavy atom. The number of ether oxygens (including phenoxy) is 3. The molecule has 1 aliphatic carbocycles. The molecule has 0 aromatic heterocycles. The molecule has 5 N–H and O–H groups in total. The molecule has 23 heteroatoms. The zero-order valence-electron chi connectivity index (χ0n) is 34.7. The van der Waals surface area contributed by atoms with E-state index in [1.807, 2.05) is 0 Å². The van der Waals surface area contributed by atoms with Gasteiger partial charge in [0.05, 0.1) is 40.7 Å². The molecule has 344 valence electrons. The van der Waals surface area contributed by atoms with Crippen molar-refractivity contribution in [3.8, 4) is 0 Å². The van der Waals surface area contributed by atoms with E-state index in [2.05, 4.69) is 30.8 Å². The fourth-order valence-corrected chi connectivity index (χ4v) is 7.90. The summed E-state index contributed by atoms with van der Waals surface area (Å²) in [5.74, 6) is -5.84. The van der Waals surface area contributed by atoms with E-state index < -0.39 is 81.2 Å². The maximum Gasteiger partial charge on any atom is 0.407 e. The van der Waals surface area contributed by atoms with Gasteiger partial charge >= 0.3 is 18.0 Å². The summed E-state index contributed by atoms with van der Waals surface area (Å²) in [4.78, 5) is 105. The van der Waals surface area contributed by atoms with Gasteiger partial charge in [0.25, 0.3) is 27.8 Å². The molecule has 6 amide bonds.